The third-order valence-electron chi connectivity index (χ3n) is 7.29. The highest BCUT2D eigenvalue weighted by molar-refractivity contribution is 7.90. The smallest absolute Gasteiger partial charge is 0.320 e. The van der Waals surface area contributed by atoms with E-state index < -0.39 is 10.0 Å². The number of amides is 2. The molecule has 2 saturated heterocycles. The maximum absolute atomic E-state index is 13.4. The summed E-state index contributed by atoms with van der Waals surface area (Å²) in [6.45, 7) is 7.65. The lowest BCUT2D eigenvalue weighted by atomic mass is 9.95. The number of aromatic nitrogens is 4. The monoisotopic (exact) mass is 508 g/mol. The minimum atomic E-state index is -3.81. The Labute approximate surface area is 209 Å². The van der Waals surface area contributed by atoms with Gasteiger partial charge in [0, 0.05) is 50.2 Å². The van der Waals surface area contributed by atoms with Gasteiger partial charge in [0.2, 0.25) is 0 Å². The molecular formula is C25H28N6O4S. The molecule has 4 aromatic rings. The Balaban J connectivity index is 1.37. The van der Waals surface area contributed by atoms with Crippen LogP contribution in [0.4, 0.5) is 4.79 Å². The first-order valence-corrected chi connectivity index (χ1v) is 13.6. The number of fused-ring (bicyclic) bond motifs is 3. The molecule has 188 valence electrons. The van der Waals surface area contributed by atoms with E-state index in [1.54, 1.807) is 42.7 Å². The van der Waals surface area contributed by atoms with Crippen LogP contribution >= 0.6 is 0 Å². The molecule has 0 aliphatic carbocycles. The fourth-order valence-corrected chi connectivity index (χ4v) is 6.58. The Morgan fingerprint density at radius 2 is 1.75 bits per heavy atom. The summed E-state index contributed by atoms with van der Waals surface area (Å²) in [4.78, 5) is 26.1. The van der Waals surface area contributed by atoms with Crippen molar-refractivity contribution in [3.63, 3.8) is 0 Å². The second-order valence-corrected chi connectivity index (χ2v) is 11.5. The van der Waals surface area contributed by atoms with E-state index in [2.05, 4.69) is 16.9 Å². The van der Waals surface area contributed by atoms with Crippen LogP contribution in [0.5, 0.6) is 0 Å². The van der Waals surface area contributed by atoms with Crippen molar-refractivity contribution in [2.45, 2.75) is 24.7 Å². The van der Waals surface area contributed by atoms with Gasteiger partial charge in [-0.05, 0) is 31.0 Å². The molecule has 2 amide bonds. The van der Waals surface area contributed by atoms with Crippen LogP contribution in [0, 0.1) is 12.8 Å². The summed E-state index contributed by atoms with van der Waals surface area (Å²) in [6.07, 6.45) is 4.97. The average molecular weight is 509 g/mol. The van der Waals surface area contributed by atoms with E-state index in [0.717, 1.165) is 11.3 Å². The predicted octanol–water partition coefficient (Wildman–Crippen LogP) is 2.72. The van der Waals surface area contributed by atoms with Gasteiger partial charge in [0.25, 0.3) is 10.0 Å². The average Bonchev–Trinajstić information content (AvgIpc) is 3.60. The molecule has 0 saturated carbocycles. The number of urea groups is 1. The molecule has 2 aliphatic heterocycles. The van der Waals surface area contributed by atoms with Crippen LogP contribution < -0.4 is 0 Å². The molecule has 0 radical (unpaired) electrons. The highest BCUT2D eigenvalue weighted by atomic mass is 32.2. The van der Waals surface area contributed by atoms with Crippen LogP contribution in [0.1, 0.15) is 24.1 Å². The Morgan fingerprint density at radius 3 is 2.50 bits per heavy atom. The Bertz CT molecular complexity index is 1550. The van der Waals surface area contributed by atoms with Gasteiger partial charge in [0.05, 0.1) is 29.8 Å². The number of aryl methyl sites for hydroxylation is 1. The molecule has 1 aromatic carbocycles. The van der Waals surface area contributed by atoms with Gasteiger partial charge in [-0.25, -0.2) is 27.2 Å². The number of carbonyl (C=O) groups excluding carboxylic acids is 1. The quantitative estimate of drug-likeness (QED) is 0.422. The highest BCUT2D eigenvalue weighted by Crippen LogP contribution is 2.35. The first kappa shape index (κ1) is 23.0. The number of ether oxygens (including phenoxy) is 1. The molecule has 36 heavy (non-hydrogen) atoms. The van der Waals surface area contributed by atoms with Crippen molar-refractivity contribution in [2.75, 3.05) is 39.4 Å². The summed E-state index contributed by atoms with van der Waals surface area (Å²) in [6, 6.07) is 8.59. The fourth-order valence-electron chi connectivity index (χ4n) is 5.29. The van der Waals surface area contributed by atoms with Gasteiger partial charge in [0.1, 0.15) is 0 Å². The Kier molecular flexibility index (Phi) is 5.49. The lowest BCUT2D eigenvalue weighted by molar-refractivity contribution is 0.0449. The van der Waals surface area contributed by atoms with Crippen LogP contribution in [0.15, 0.2) is 53.8 Å². The summed E-state index contributed by atoms with van der Waals surface area (Å²) in [5.41, 5.74) is 3.59. The number of hydrogen-bond donors (Lipinski definition) is 0. The van der Waals surface area contributed by atoms with Gasteiger partial charge < -0.3 is 14.5 Å². The zero-order valence-corrected chi connectivity index (χ0v) is 21.1. The standard InChI is InChI=1S/C25H28N6O4S/c1-17-3-5-19(6-4-17)36(33,34)30-8-7-21-24(30)27-14-23-26-13-22(31(21)23)20-16-29(15-18(20)2)25(32)28-9-11-35-12-10-28/h3-8,13-14,18,20H,9-12,15-16H2,1-2H3/t18-,20+/m1/s1. The Hall–Kier alpha value is -3.44. The minimum Gasteiger partial charge on any atom is -0.378 e. The molecule has 2 atom stereocenters. The molecule has 0 spiro atoms. The first-order valence-electron chi connectivity index (χ1n) is 12.1. The van der Waals surface area contributed by atoms with Gasteiger partial charge >= 0.3 is 6.03 Å². The van der Waals surface area contributed by atoms with E-state index in [4.69, 9.17) is 4.74 Å². The SMILES string of the molecule is Cc1ccc(S(=O)(=O)n2ccc3c2ncc2ncc([C@H]4CN(C(=O)N5CCOCC5)C[C@H]4C)n23)cc1. The van der Waals surface area contributed by atoms with E-state index in [1.165, 1.54) is 3.97 Å². The van der Waals surface area contributed by atoms with Crippen LogP contribution in [0.3, 0.4) is 0 Å². The molecule has 2 aliphatic rings. The lowest BCUT2D eigenvalue weighted by Crippen LogP contribution is -2.47. The van der Waals surface area contributed by atoms with Crippen molar-refractivity contribution in [3.8, 4) is 0 Å². The summed E-state index contributed by atoms with van der Waals surface area (Å²) < 4.78 is 35.4. The van der Waals surface area contributed by atoms with E-state index in [-0.39, 0.29) is 22.8 Å². The van der Waals surface area contributed by atoms with Crippen LogP contribution in [0.25, 0.3) is 16.8 Å². The van der Waals surface area contributed by atoms with E-state index in [9.17, 15) is 13.2 Å². The number of carbonyl (C=O) groups is 1. The fraction of sp³-hybridized carbons (Fsp3) is 0.400. The van der Waals surface area contributed by atoms with Gasteiger partial charge in [-0.1, -0.05) is 24.6 Å². The van der Waals surface area contributed by atoms with Crippen molar-refractivity contribution < 1.29 is 17.9 Å². The molecule has 3 aromatic heterocycles. The predicted molar refractivity (Wildman–Crippen MR) is 134 cm³/mol. The van der Waals surface area contributed by atoms with Crippen LogP contribution in [-0.4, -0.2) is 82.0 Å². The molecule has 10 nitrogen and oxygen atoms in total. The molecular weight excluding hydrogens is 480 g/mol. The Morgan fingerprint density at radius 1 is 1.00 bits per heavy atom. The van der Waals surface area contributed by atoms with E-state index in [1.807, 2.05) is 27.3 Å². The first-order chi connectivity index (χ1) is 17.3. The van der Waals surface area contributed by atoms with Gasteiger partial charge in [-0.3, -0.25) is 4.40 Å². The lowest BCUT2D eigenvalue weighted by Gasteiger charge is -2.31. The van der Waals surface area contributed by atoms with E-state index in [0.29, 0.717) is 56.2 Å². The van der Waals surface area contributed by atoms with Crippen LogP contribution in [0.2, 0.25) is 0 Å². The van der Waals surface area contributed by atoms with Gasteiger partial charge in [0.15, 0.2) is 11.3 Å². The number of morpholine rings is 1. The van der Waals surface area contributed by atoms with Crippen molar-refractivity contribution in [1.29, 1.82) is 0 Å². The second-order valence-electron chi connectivity index (χ2n) is 9.64. The number of hydrogen-bond acceptors (Lipinski definition) is 6. The van der Waals surface area contributed by atoms with Gasteiger partial charge in [-0.15, -0.1) is 0 Å². The number of imidazole rings is 1. The summed E-state index contributed by atoms with van der Waals surface area (Å²) in [7, 11) is -3.81. The number of benzene rings is 1. The summed E-state index contributed by atoms with van der Waals surface area (Å²) >= 11 is 0. The number of likely N-dealkylation sites (tertiary alicyclic amines) is 1. The highest BCUT2D eigenvalue weighted by Gasteiger charge is 2.37. The zero-order chi connectivity index (χ0) is 25.0. The largest absolute Gasteiger partial charge is 0.378 e. The van der Waals surface area contributed by atoms with Crippen molar-refractivity contribution in [3.05, 3.63) is 60.2 Å². The number of nitrogens with zero attached hydrogens (tertiary/aromatic N) is 6. The molecule has 0 N–H and O–H groups in total. The molecule has 2 fully saturated rings. The summed E-state index contributed by atoms with van der Waals surface area (Å²) in [5, 5.41) is 0. The van der Waals surface area contributed by atoms with Crippen LogP contribution in [-0.2, 0) is 14.8 Å². The topological polar surface area (TPSA) is 102 Å². The van der Waals surface area contributed by atoms with E-state index >= 15 is 0 Å². The molecule has 0 unspecified atom stereocenters. The minimum absolute atomic E-state index is 0.0450. The maximum atomic E-state index is 13.4. The molecule has 0 bridgehead atoms. The zero-order valence-electron chi connectivity index (χ0n) is 20.2. The van der Waals surface area contributed by atoms with Crippen molar-refractivity contribution >= 4 is 32.9 Å². The normalized spacial score (nSPS) is 21.1. The molecule has 11 heteroatoms. The number of rotatable bonds is 3. The second kappa shape index (κ2) is 8.59. The van der Waals surface area contributed by atoms with Crippen molar-refractivity contribution in [1.82, 2.24) is 28.1 Å². The maximum Gasteiger partial charge on any atom is 0.320 e. The summed E-state index contributed by atoms with van der Waals surface area (Å²) in [5.74, 6) is 0.282. The van der Waals surface area contributed by atoms with Gasteiger partial charge in [-0.2, -0.15) is 0 Å². The third-order valence-corrected chi connectivity index (χ3v) is 8.97. The third kappa shape index (κ3) is 3.65. The molecule has 6 rings (SSSR count). The molecule has 5 heterocycles. The van der Waals surface area contributed by atoms with Crippen molar-refractivity contribution in [2.24, 2.45) is 5.92 Å².